The molecule has 5 aromatic carbocycles. The van der Waals surface area contributed by atoms with Crippen molar-refractivity contribution in [1.82, 2.24) is 5.32 Å². The number of rotatable bonds is 37. The van der Waals surface area contributed by atoms with Gasteiger partial charge in [-0.15, -0.1) is 0 Å². The average molecular weight is 1380 g/mol. The number of carbonyl (C=O) groups excluding carboxylic acids is 3. The number of ether oxygens (including phenoxy) is 4. The fraction of sp³-hybridized carbons (Fsp3) is 0.394. The Morgan fingerprint density at radius 2 is 1.19 bits per heavy atom. The number of fused-ring (bicyclic) bond motifs is 2. The Kier molecular flexibility index (Phi) is 26.3. The third-order valence-corrected chi connectivity index (χ3v) is 22.1. The summed E-state index contributed by atoms with van der Waals surface area (Å²) in [7, 11) is -16.6. The zero-order valence-electron chi connectivity index (χ0n) is 52.4. The molecule has 0 aromatic heterocycles. The molecule has 0 bridgehead atoms. The van der Waals surface area contributed by atoms with Crippen LogP contribution in [0.5, 0.6) is 0 Å². The molecule has 5 N–H and O–H groups in total. The molecule has 0 spiro atoms. The van der Waals surface area contributed by atoms with Gasteiger partial charge in [-0.3, -0.25) is 27.8 Å². The van der Waals surface area contributed by atoms with Gasteiger partial charge < -0.3 is 29.2 Å². The maximum atomic E-state index is 13.6. The summed E-state index contributed by atoms with van der Waals surface area (Å²) in [5.41, 5.74) is 1.78. The van der Waals surface area contributed by atoms with E-state index in [1.54, 1.807) is 74.7 Å². The minimum absolute atomic E-state index is 0.00308. The Hall–Kier alpha value is -6.65. The first-order valence-corrected chi connectivity index (χ1v) is 37.7. The molecule has 2 aliphatic rings. The van der Waals surface area contributed by atoms with Crippen molar-refractivity contribution in [3.05, 3.63) is 174 Å². The fourth-order valence-electron chi connectivity index (χ4n) is 11.8. The van der Waals surface area contributed by atoms with Gasteiger partial charge >= 0.3 is 5.97 Å². The Labute approximate surface area is 546 Å². The number of hydrogen-bond donors (Lipinski definition) is 5. The molecule has 1 amide bonds. The lowest BCUT2D eigenvalue weighted by Gasteiger charge is -2.30. The molecule has 5 aromatic rings. The number of esters is 1. The van der Waals surface area contributed by atoms with Gasteiger partial charge in [0.15, 0.2) is 5.71 Å². The fourth-order valence-corrected chi connectivity index (χ4v) is 16.3. The summed E-state index contributed by atoms with van der Waals surface area (Å²) in [6.07, 6.45) is 11.3. The minimum atomic E-state index is -4.71. The van der Waals surface area contributed by atoms with Crippen molar-refractivity contribution >= 4 is 99.1 Å². The standard InChI is InChI=1S/C66H80N3O19PS4/c1-65(34-18-44-90(73,74)75)56-47-53(92(79,80)81)29-32-58(56)68(37-16-8-9-20-50(70)21-17-36-67-63(71)49-28-31-55(64(72)86-4)60(46-49)89(51-22-10-5-11-23-51)52-24-12-6-13-25-52)61(65)26-14-7-15-27-62-66(2,35-19-45-91(76,77)78)57-48-54(93(82,83)84)30-33-59(57)69(62)38-39-87-42-43-88-41-40-85-3/h5-7,10-15,22-33,46-48H,8-9,16-21,34-45H2,1-4H3,(H4-,67,71,73,74,75,76,77,78,79,80,81,82,83,84)/p+1. The van der Waals surface area contributed by atoms with E-state index in [0.29, 0.717) is 95.8 Å². The summed E-state index contributed by atoms with van der Waals surface area (Å²) in [4.78, 5) is 41.2. The van der Waals surface area contributed by atoms with Gasteiger partial charge in [0.1, 0.15) is 12.3 Å². The molecule has 2 atom stereocenters. The summed E-state index contributed by atoms with van der Waals surface area (Å²) < 4.78 is 162. The molecule has 0 fully saturated rings. The molecule has 2 aliphatic heterocycles. The number of anilines is 1. The number of unbranched alkanes of at least 4 members (excludes halogenated alkanes) is 2. The highest BCUT2D eigenvalue weighted by atomic mass is 32.2. The van der Waals surface area contributed by atoms with Crippen LogP contribution in [0.1, 0.15) is 110 Å². The van der Waals surface area contributed by atoms with Crippen LogP contribution < -0.4 is 26.1 Å². The van der Waals surface area contributed by atoms with Gasteiger partial charge in [0.25, 0.3) is 46.4 Å². The normalized spacial score (nSPS) is 17.3. The second kappa shape index (κ2) is 33.1. The zero-order valence-corrected chi connectivity index (χ0v) is 56.5. The van der Waals surface area contributed by atoms with Crippen LogP contribution in [0.25, 0.3) is 0 Å². The van der Waals surface area contributed by atoms with E-state index in [0.717, 1.165) is 10.6 Å². The van der Waals surface area contributed by atoms with Gasteiger partial charge in [0, 0.05) is 84.8 Å². The van der Waals surface area contributed by atoms with Crippen molar-refractivity contribution in [2.45, 2.75) is 98.7 Å². The molecular weight excluding hydrogens is 1300 g/mol. The highest BCUT2D eigenvalue weighted by Gasteiger charge is 2.48. The van der Waals surface area contributed by atoms with Crippen LogP contribution in [0.3, 0.4) is 0 Å². The van der Waals surface area contributed by atoms with E-state index in [2.05, 4.69) is 5.32 Å². The quantitative estimate of drug-likeness (QED) is 0.00624. The Morgan fingerprint density at radius 1 is 0.613 bits per heavy atom. The number of carbonyl (C=O) groups is 3. The third kappa shape index (κ3) is 20.2. The molecule has 2 unspecified atom stereocenters. The van der Waals surface area contributed by atoms with Crippen molar-refractivity contribution in [1.29, 1.82) is 0 Å². The van der Waals surface area contributed by atoms with Gasteiger partial charge in [-0.05, 0) is 137 Å². The number of nitrogens with one attached hydrogen (secondary N) is 1. The van der Waals surface area contributed by atoms with E-state index in [9.17, 15) is 66.3 Å². The molecule has 22 nitrogen and oxygen atoms in total. The molecule has 2 heterocycles. The summed E-state index contributed by atoms with van der Waals surface area (Å²) in [5.74, 6) is -2.08. The molecule has 0 saturated carbocycles. The number of amides is 1. The van der Waals surface area contributed by atoms with Crippen LogP contribution in [0.2, 0.25) is 0 Å². The average Bonchev–Trinajstić information content (AvgIpc) is 1.60. The lowest BCUT2D eigenvalue weighted by molar-refractivity contribution is -0.438. The lowest BCUT2D eigenvalue weighted by Crippen LogP contribution is -2.32. The number of methoxy groups -OCH3 is 2. The molecular formula is C66H81N3O19PS4+. The molecule has 0 radical (unpaired) electrons. The zero-order chi connectivity index (χ0) is 67.6. The second-order valence-corrected chi connectivity index (χ2v) is 31.1. The van der Waals surface area contributed by atoms with Crippen molar-refractivity contribution in [2.75, 3.05) is 83.3 Å². The highest BCUT2D eigenvalue weighted by Crippen LogP contribution is 2.51. The Bertz CT molecular complexity index is 4030. The maximum absolute atomic E-state index is 13.6. The number of hydrogen-bond acceptors (Lipinski definition) is 16. The lowest BCUT2D eigenvalue weighted by atomic mass is 9.76. The first-order valence-electron chi connectivity index (χ1n) is 30.3. The number of nitrogens with zero attached hydrogens (tertiary/aromatic N) is 2. The van der Waals surface area contributed by atoms with E-state index in [-0.39, 0.29) is 92.9 Å². The van der Waals surface area contributed by atoms with Crippen LogP contribution in [0.15, 0.2) is 161 Å². The van der Waals surface area contributed by atoms with Crippen molar-refractivity contribution in [2.24, 2.45) is 0 Å². The van der Waals surface area contributed by atoms with Crippen LogP contribution >= 0.6 is 7.92 Å². The summed E-state index contributed by atoms with van der Waals surface area (Å²) >= 11 is 0. The van der Waals surface area contributed by atoms with Crippen LogP contribution in [-0.2, 0) is 75.0 Å². The van der Waals surface area contributed by atoms with E-state index >= 15 is 0 Å². The predicted octanol–water partition coefficient (Wildman–Crippen LogP) is 8.21. The van der Waals surface area contributed by atoms with Gasteiger partial charge in [-0.2, -0.15) is 38.2 Å². The third-order valence-electron chi connectivity index (χ3n) is 16.4. The smallest absolute Gasteiger partial charge is 0.338 e. The van der Waals surface area contributed by atoms with Gasteiger partial charge in [0.2, 0.25) is 5.69 Å². The van der Waals surface area contributed by atoms with E-state index < -0.39 is 76.7 Å². The SMILES string of the molecule is COCCOCCOCCN1C(=CC=CC=CC2=[N+](CCCCCC(=O)CCCNC(=O)c3ccc(C(=O)OC)c(P(c4ccccc4)c4ccccc4)c3)c3ccc(S(=O)(=O)O)cc3C2(C)CCCS(=O)(=O)O)C(C)(CCCS(=O)(=O)O)c2cc(S(=O)(=O)O)ccc21. The monoisotopic (exact) mass is 1380 g/mol. The van der Waals surface area contributed by atoms with Crippen molar-refractivity contribution in [3.63, 3.8) is 0 Å². The molecule has 0 saturated heterocycles. The molecule has 0 aliphatic carbocycles. The molecule has 7 rings (SSSR count). The van der Waals surface area contributed by atoms with Crippen LogP contribution in [0, 0.1) is 0 Å². The summed E-state index contributed by atoms with van der Waals surface area (Å²) in [5, 5.41) is 5.55. The molecule has 502 valence electrons. The first-order chi connectivity index (χ1) is 44.1. The maximum Gasteiger partial charge on any atom is 0.338 e. The number of benzene rings is 5. The number of Topliss-reactive ketones (excluding diaryl/α,β-unsaturated/α-hetero) is 1. The van der Waals surface area contributed by atoms with E-state index in [4.69, 9.17) is 18.9 Å². The number of allylic oxidation sites excluding steroid dienone is 6. The topological polar surface area (TPSA) is 324 Å². The first kappa shape index (κ1) is 73.8. The van der Waals surface area contributed by atoms with Crippen molar-refractivity contribution in [3.8, 4) is 0 Å². The van der Waals surface area contributed by atoms with Crippen LogP contribution in [-0.4, -0.2) is 158 Å². The molecule has 93 heavy (non-hydrogen) atoms. The Balaban J connectivity index is 1.09. The Morgan fingerprint density at radius 3 is 1.80 bits per heavy atom. The van der Waals surface area contributed by atoms with Gasteiger partial charge in [-0.25, -0.2) is 4.79 Å². The summed E-state index contributed by atoms with van der Waals surface area (Å²) in [6, 6.07) is 32.7. The molecule has 27 heteroatoms. The van der Waals surface area contributed by atoms with Gasteiger partial charge in [-0.1, -0.05) is 78.9 Å². The van der Waals surface area contributed by atoms with Crippen molar-refractivity contribution < 1.29 is 89.8 Å². The summed E-state index contributed by atoms with van der Waals surface area (Å²) in [6.45, 7) is 5.88. The largest absolute Gasteiger partial charge is 0.465 e. The van der Waals surface area contributed by atoms with E-state index in [1.807, 2.05) is 77.1 Å². The highest BCUT2D eigenvalue weighted by molar-refractivity contribution is 7.86. The van der Waals surface area contributed by atoms with E-state index in [1.165, 1.54) is 31.4 Å². The van der Waals surface area contributed by atoms with Crippen LogP contribution in [0.4, 0.5) is 11.4 Å². The minimum Gasteiger partial charge on any atom is -0.465 e. The predicted molar refractivity (Wildman–Crippen MR) is 357 cm³/mol. The second-order valence-electron chi connectivity index (χ2n) is 22.9. The van der Waals surface area contributed by atoms with Gasteiger partial charge in [0.05, 0.1) is 72.4 Å². The number of ketones is 1.